The molecule has 0 amide bonds. The van der Waals surface area contributed by atoms with Crippen molar-refractivity contribution in [3.05, 3.63) is 324 Å². The highest BCUT2D eigenvalue weighted by Crippen LogP contribution is 2.44. The minimum absolute atomic E-state index is 0.350. The summed E-state index contributed by atoms with van der Waals surface area (Å²) in [5.74, 6) is 5.98. The zero-order valence-corrected chi connectivity index (χ0v) is 65.5. The van der Waals surface area contributed by atoms with Crippen LogP contribution in [0.2, 0.25) is 0 Å². The van der Waals surface area contributed by atoms with Gasteiger partial charge >= 0.3 is 0 Å². The molecule has 0 atom stereocenters. The normalized spacial score (nSPS) is 11.9. The number of nitrogens with one attached hydrogen (secondary N) is 4. The molecule has 16 heteroatoms. The lowest BCUT2D eigenvalue weighted by atomic mass is 10.0. The van der Waals surface area contributed by atoms with E-state index in [1.807, 2.05) is 97.1 Å². The van der Waals surface area contributed by atoms with Crippen LogP contribution >= 0.6 is 0 Å². The van der Waals surface area contributed by atoms with Gasteiger partial charge in [-0.3, -0.25) is 0 Å². The average Bonchev–Trinajstić information content (AvgIpc) is 1.61. The van der Waals surface area contributed by atoms with Crippen LogP contribution < -0.4 is 37.9 Å². The third-order valence-electron chi connectivity index (χ3n) is 21.9. The number of rotatable bonds is 20. The molecule has 4 aliphatic rings. The quantitative estimate of drug-likeness (QED) is 0.0566. The molecule has 16 bridgehead atoms. The number of benzene rings is 9. The van der Waals surface area contributed by atoms with Crippen LogP contribution in [0.1, 0.15) is 56.7 Å². The second-order valence-electron chi connectivity index (χ2n) is 28.8. The summed E-state index contributed by atoms with van der Waals surface area (Å²) in [6.07, 6.45) is 16.8. The SMILES string of the molecule is COc1ccc(-c2c3nc(c(-c4ccc(OC)cc4)c4ccc([nH]4)c(-c4ccc(OCc5ccc(COc6ccc(-c7c8nc(c(-c9ccc(OC)cc9)c9ccc([nH]9)c(-c9ccc(OC)cc9)c9nc(c(-c%10ccc(OC)cc%10)c%10ccc7[nH]%10)C=C9)C=C8)cc6)cc5)cc4)c4nc(c(-c5ccc(OC)cc5)c5ccc2[nH]5)C=C4)C=C3)cc1. The third-order valence-corrected chi connectivity index (χ3v) is 21.9. The first-order valence-corrected chi connectivity index (χ1v) is 38.8. The Labute approximate surface area is 681 Å². The summed E-state index contributed by atoms with van der Waals surface area (Å²) in [5.41, 5.74) is 30.5. The zero-order valence-electron chi connectivity index (χ0n) is 65.5. The van der Waals surface area contributed by atoms with Crippen LogP contribution in [0.4, 0.5) is 0 Å². The van der Waals surface area contributed by atoms with Crippen molar-refractivity contribution in [1.82, 2.24) is 39.9 Å². The molecular weight excluding hydrogens is 1470 g/mol. The summed E-state index contributed by atoms with van der Waals surface area (Å²) < 4.78 is 46.9. The monoisotopic (exact) mass is 1540 g/mol. The molecule has 0 saturated heterocycles. The molecule has 0 saturated carbocycles. The fraction of sp³-hybridized carbons (Fsp3) is 0.0784. The van der Waals surface area contributed by atoms with E-state index in [0.29, 0.717) is 13.2 Å². The van der Waals surface area contributed by atoms with Gasteiger partial charge in [0.15, 0.2) is 0 Å². The number of aromatic nitrogens is 8. The van der Waals surface area contributed by atoms with Crippen LogP contribution in [-0.4, -0.2) is 82.5 Å². The van der Waals surface area contributed by atoms with E-state index in [2.05, 4.69) is 238 Å². The van der Waals surface area contributed by atoms with E-state index in [0.717, 1.165) is 236 Å². The Bertz CT molecular complexity index is 6350. The van der Waals surface area contributed by atoms with E-state index in [9.17, 15) is 0 Å². The van der Waals surface area contributed by atoms with Crippen molar-refractivity contribution >= 4 is 92.7 Å². The molecule has 118 heavy (non-hydrogen) atoms. The van der Waals surface area contributed by atoms with Gasteiger partial charge < -0.3 is 57.8 Å². The van der Waals surface area contributed by atoms with Crippen LogP contribution in [0.3, 0.4) is 0 Å². The topological polar surface area (TPSA) is 189 Å². The third kappa shape index (κ3) is 14.2. The average molecular weight is 1540 g/mol. The largest absolute Gasteiger partial charge is 0.497 e. The van der Waals surface area contributed by atoms with E-state index >= 15 is 0 Å². The van der Waals surface area contributed by atoms with Gasteiger partial charge in [0.25, 0.3) is 0 Å². The Hall–Kier alpha value is -15.4. The number of ether oxygens (including phenoxy) is 8. The fourth-order valence-corrected chi connectivity index (χ4v) is 15.9. The van der Waals surface area contributed by atoms with E-state index in [-0.39, 0.29) is 0 Å². The predicted molar refractivity (Wildman–Crippen MR) is 476 cm³/mol. The molecule has 0 aliphatic carbocycles. The van der Waals surface area contributed by atoms with Crippen LogP contribution in [0.15, 0.2) is 267 Å². The fourth-order valence-electron chi connectivity index (χ4n) is 15.9. The van der Waals surface area contributed by atoms with E-state index in [4.69, 9.17) is 57.8 Å². The van der Waals surface area contributed by atoms with Crippen molar-refractivity contribution in [3.63, 3.8) is 0 Å². The first-order valence-electron chi connectivity index (χ1n) is 38.8. The van der Waals surface area contributed by atoms with Crippen molar-refractivity contribution < 1.29 is 37.9 Å². The van der Waals surface area contributed by atoms with Gasteiger partial charge in [0.1, 0.15) is 59.2 Å². The predicted octanol–water partition coefficient (Wildman–Crippen LogP) is 24.2. The maximum Gasteiger partial charge on any atom is 0.119 e. The van der Waals surface area contributed by atoms with E-state index in [1.165, 1.54) is 0 Å². The number of hydrogen-bond acceptors (Lipinski definition) is 12. The summed E-state index contributed by atoms with van der Waals surface area (Å²) in [4.78, 5) is 37.5. The molecule has 15 aromatic rings. The summed E-state index contributed by atoms with van der Waals surface area (Å²) in [6.45, 7) is 0.701. The number of aromatic amines is 4. The Morgan fingerprint density at radius 1 is 0.178 bits per heavy atom. The van der Waals surface area contributed by atoms with Gasteiger partial charge in [0, 0.05) is 88.6 Å². The summed E-state index contributed by atoms with van der Waals surface area (Å²) in [6, 6.07) is 90.5. The van der Waals surface area contributed by atoms with Crippen LogP contribution in [0.5, 0.6) is 46.0 Å². The standard InChI is InChI=1S/C102H78N8O8/c1-111-71-27-11-63(12-28-71)95-79-43-47-83(103-79)97(65-15-31-73(113-3)32-16-65)87-51-55-91(107-87)101(92-56-52-88(108-92)98(84-48-44-80(95)104-84)66-17-33-74(114-4)34-18-66)69-23-39-77(40-24-69)117-59-61-7-9-62(10-8-61)60-118-78-41-25-70(26-42-78)102-93-57-53-89(109-93)99(67-19-35-75(115-5)36-20-67)85-49-45-81(105-85)96(64-13-29-72(112-2)30-14-64)82-46-50-86(106-82)100(90-54-58-94(102)110-90)68-21-37-76(116-6)38-22-68/h7-58,103,105,108,110H,59-60H2,1-6H3. The Morgan fingerprint density at radius 2 is 0.322 bits per heavy atom. The first kappa shape index (κ1) is 72.8. The number of fused-ring (bicyclic) bond motifs is 16. The number of H-pyrrole nitrogens is 4. The minimum atomic E-state index is 0.350. The molecule has 4 N–H and O–H groups in total. The summed E-state index contributed by atoms with van der Waals surface area (Å²) >= 11 is 0. The van der Waals surface area contributed by atoms with Crippen molar-refractivity contribution in [2.24, 2.45) is 0 Å². The first-order chi connectivity index (χ1) is 58.1. The Morgan fingerprint density at radius 3 is 0.466 bits per heavy atom. The van der Waals surface area contributed by atoms with Crippen molar-refractivity contribution in [2.45, 2.75) is 13.2 Å². The summed E-state index contributed by atoms with van der Waals surface area (Å²) in [7, 11) is 10.1. The highest BCUT2D eigenvalue weighted by atomic mass is 16.5. The summed E-state index contributed by atoms with van der Waals surface area (Å²) in [5, 5.41) is 0. The molecule has 10 heterocycles. The van der Waals surface area contributed by atoms with Crippen molar-refractivity contribution in [2.75, 3.05) is 42.7 Å². The zero-order chi connectivity index (χ0) is 79.7. The van der Waals surface area contributed by atoms with E-state index in [1.54, 1.807) is 42.7 Å². The second kappa shape index (κ2) is 31.5. The maximum atomic E-state index is 6.56. The molecule has 4 aliphatic heterocycles. The lowest BCUT2D eigenvalue weighted by molar-refractivity contribution is 0.302. The minimum Gasteiger partial charge on any atom is -0.497 e. The van der Waals surface area contributed by atoms with E-state index < -0.39 is 0 Å². The molecular formula is C102H78N8O8. The van der Waals surface area contributed by atoms with Crippen molar-refractivity contribution in [3.8, 4) is 135 Å². The molecule has 0 radical (unpaired) electrons. The number of nitrogens with zero attached hydrogens (tertiary/aromatic N) is 4. The van der Waals surface area contributed by atoms with Crippen LogP contribution in [0.25, 0.3) is 182 Å². The molecule has 574 valence electrons. The van der Waals surface area contributed by atoms with Gasteiger partial charge in [-0.2, -0.15) is 0 Å². The van der Waals surface area contributed by atoms with Gasteiger partial charge in [0.2, 0.25) is 0 Å². The Balaban J connectivity index is 0.628. The smallest absolute Gasteiger partial charge is 0.119 e. The molecule has 16 nitrogen and oxygen atoms in total. The number of methoxy groups -OCH3 is 6. The van der Waals surface area contributed by atoms with Gasteiger partial charge in [-0.05, 0) is 250 Å². The van der Waals surface area contributed by atoms with Gasteiger partial charge in [-0.15, -0.1) is 0 Å². The van der Waals surface area contributed by atoms with Gasteiger partial charge in [-0.1, -0.05) is 121 Å². The lowest BCUT2D eigenvalue weighted by Gasteiger charge is -2.11. The molecule has 0 spiro atoms. The highest BCUT2D eigenvalue weighted by molar-refractivity contribution is 6.03. The van der Waals surface area contributed by atoms with Crippen LogP contribution in [0, 0.1) is 0 Å². The Kier molecular flexibility index (Phi) is 19.4. The van der Waals surface area contributed by atoms with Gasteiger partial charge in [-0.25, -0.2) is 19.9 Å². The molecule has 0 fully saturated rings. The molecule has 0 unspecified atom stereocenters. The second-order valence-corrected chi connectivity index (χ2v) is 28.8. The maximum absolute atomic E-state index is 6.56. The molecule has 6 aromatic heterocycles. The van der Waals surface area contributed by atoms with Crippen molar-refractivity contribution in [1.29, 1.82) is 0 Å². The molecule has 9 aromatic carbocycles. The van der Waals surface area contributed by atoms with Gasteiger partial charge in [0.05, 0.1) is 88.2 Å². The molecule has 19 rings (SSSR count). The van der Waals surface area contributed by atoms with Crippen LogP contribution in [-0.2, 0) is 13.2 Å². The lowest BCUT2D eigenvalue weighted by Crippen LogP contribution is -1.98. The number of hydrogen-bond donors (Lipinski definition) is 4. The highest BCUT2D eigenvalue weighted by Gasteiger charge is 2.24.